The van der Waals surface area contributed by atoms with Crippen LogP contribution < -0.4 is 0 Å². The average molecular weight is 157 g/mol. The molecule has 0 aliphatic heterocycles. The van der Waals surface area contributed by atoms with Gasteiger partial charge < -0.3 is 0 Å². The number of rotatable bonds is 0. The molecule has 1 rings (SSSR count). The van der Waals surface area contributed by atoms with Gasteiger partial charge >= 0.3 is 0 Å². The van der Waals surface area contributed by atoms with Crippen LogP contribution in [-0.4, -0.2) is 0 Å². The van der Waals surface area contributed by atoms with E-state index in [1.165, 1.54) is 11.1 Å². The molecule has 1 heteroatoms. The zero-order chi connectivity index (χ0) is 7.72. The third-order valence-corrected chi connectivity index (χ3v) is 2.50. The molecule has 0 fully saturated rings. The van der Waals surface area contributed by atoms with Crippen LogP contribution in [0, 0.1) is 5.92 Å². The summed E-state index contributed by atoms with van der Waals surface area (Å²) in [7, 11) is 0. The number of hydrogen-bond donors (Lipinski definition) is 0. The Labute approximate surface area is 67.6 Å². The Bertz CT molecular complexity index is 199. The second kappa shape index (κ2) is 2.79. The lowest BCUT2D eigenvalue weighted by atomic mass is 9.93. The molecule has 0 saturated heterocycles. The molecule has 0 heterocycles. The molecule has 56 valence electrons. The summed E-state index contributed by atoms with van der Waals surface area (Å²) in [5.41, 5.74) is 2.56. The molecule has 0 aromatic rings. The summed E-state index contributed by atoms with van der Waals surface area (Å²) < 4.78 is 0. The zero-order valence-corrected chi connectivity index (χ0v) is 7.50. The Kier molecular flexibility index (Phi) is 2.20. The van der Waals surface area contributed by atoms with Crippen LogP contribution in [0.1, 0.15) is 27.2 Å². The molecular weight excluding hydrogens is 144 g/mol. The quantitative estimate of drug-likeness (QED) is 0.504. The minimum atomic E-state index is 0.669. The smallest absolute Gasteiger partial charge is 0.0421 e. The maximum atomic E-state index is 5.99. The van der Waals surface area contributed by atoms with Gasteiger partial charge in [-0.3, -0.25) is 0 Å². The molecule has 0 bridgehead atoms. The van der Waals surface area contributed by atoms with E-state index in [2.05, 4.69) is 26.8 Å². The van der Waals surface area contributed by atoms with E-state index < -0.39 is 0 Å². The normalized spacial score (nSPS) is 26.8. The molecule has 0 amide bonds. The third kappa shape index (κ3) is 1.43. The van der Waals surface area contributed by atoms with Crippen LogP contribution in [0.25, 0.3) is 0 Å². The molecule has 10 heavy (non-hydrogen) atoms. The van der Waals surface area contributed by atoms with E-state index in [9.17, 15) is 0 Å². The van der Waals surface area contributed by atoms with E-state index in [-0.39, 0.29) is 0 Å². The van der Waals surface area contributed by atoms with Crippen LogP contribution in [0.15, 0.2) is 22.3 Å². The summed E-state index contributed by atoms with van der Waals surface area (Å²) in [6, 6.07) is 0. The molecule has 0 saturated carbocycles. The Morgan fingerprint density at radius 3 is 2.60 bits per heavy atom. The van der Waals surface area contributed by atoms with Crippen molar-refractivity contribution >= 4 is 11.6 Å². The largest absolute Gasteiger partial charge is 0.0841 e. The molecule has 0 aromatic heterocycles. The summed E-state index contributed by atoms with van der Waals surface area (Å²) in [5, 5.41) is 0.970. The molecule has 1 aliphatic carbocycles. The molecular formula is C9H13Cl. The Balaban J connectivity index is 2.90. The average Bonchev–Trinajstić information content (AvgIpc) is 1.82. The second-order valence-electron chi connectivity index (χ2n) is 3.13. The fourth-order valence-electron chi connectivity index (χ4n) is 1.47. The summed E-state index contributed by atoms with van der Waals surface area (Å²) in [6.45, 7) is 6.40. The number of allylic oxidation sites excluding steroid dienone is 4. The third-order valence-electron chi connectivity index (χ3n) is 1.88. The predicted molar refractivity (Wildman–Crippen MR) is 46.1 cm³/mol. The van der Waals surface area contributed by atoms with Crippen molar-refractivity contribution in [2.75, 3.05) is 0 Å². The van der Waals surface area contributed by atoms with Gasteiger partial charge in [0, 0.05) is 5.03 Å². The molecule has 0 spiro atoms. The lowest BCUT2D eigenvalue weighted by Crippen LogP contribution is -2.00. The van der Waals surface area contributed by atoms with Crippen LogP contribution in [0.2, 0.25) is 0 Å². The minimum Gasteiger partial charge on any atom is -0.0841 e. The first kappa shape index (κ1) is 7.87. The van der Waals surface area contributed by atoms with Crippen molar-refractivity contribution in [3.05, 3.63) is 22.3 Å². The summed E-state index contributed by atoms with van der Waals surface area (Å²) in [5.74, 6) is 0.669. The van der Waals surface area contributed by atoms with Crippen LogP contribution in [0.4, 0.5) is 0 Å². The molecule has 1 unspecified atom stereocenters. The van der Waals surface area contributed by atoms with E-state index in [1.54, 1.807) is 0 Å². The van der Waals surface area contributed by atoms with Crippen molar-refractivity contribution < 1.29 is 0 Å². The van der Waals surface area contributed by atoms with Crippen LogP contribution >= 0.6 is 11.6 Å². The van der Waals surface area contributed by atoms with Gasteiger partial charge in [-0.05, 0) is 31.8 Å². The maximum Gasteiger partial charge on any atom is 0.0421 e. The van der Waals surface area contributed by atoms with Gasteiger partial charge in [-0.1, -0.05) is 30.2 Å². The van der Waals surface area contributed by atoms with Crippen LogP contribution in [-0.2, 0) is 0 Å². The van der Waals surface area contributed by atoms with Crippen LogP contribution in [0.3, 0.4) is 0 Å². The van der Waals surface area contributed by atoms with Crippen molar-refractivity contribution in [2.24, 2.45) is 5.92 Å². The van der Waals surface area contributed by atoms with Crippen molar-refractivity contribution in [3.8, 4) is 0 Å². The highest BCUT2D eigenvalue weighted by molar-refractivity contribution is 6.32. The molecule has 0 nitrogen and oxygen atoms in total. The van der Waals surface area contributed by atoms with E-state index in [0.29, 0.717) is 5.92 Å². The summed E-state index contributed by atoms with van der Waals surface area (Å²) in [6.07, 6.45) is 3.35. The maximum absolute atomic E-state index is 5.99. The molecule has 1 aliphatic rings. The fraction of sp³-hybridized carbons (Fsp3) is 0.556. The second-order valence-corrected chi connectivity index (χ2v) is 3.50. The van der Waals surface area contributed by atoms with Gasteiger partial charge in [0.25, 0.3) is 0 Å². The predicted octanol–water partition coefficient (Wildman–Crippen LogP) is 3.49. The molecule has 0 radical (unpaired) electrons. The van der Waals surface area contributed by atoms with Crippen molar-refractivity contribution in [2.45, 2.75) is 27.2 Å². The van der Waals surface area contributed by atoms with Crippen molar-refractivity contribution in [3.63, 3.8) is 0 Å². The van der Waals surface area contributed by atoms with Crippen LogP contribution in [0.5, 0.6) is 0 Å². The van der Waals surface area contributed by atoms with Gasteiger partial charge in [-0.25, -0.2) is 0 Å². The first-order valence-corrected chi connectivity index (χ1v) is 4.03. The SMILES string of the molecule is CC1=CC(C)CC(C)=C1Cl. The van der Waals surface area contributed by atoms with Gasteiger partial charge in [0.15, 0.2) is 0 Å². The summed E-state index contributed by atoms with van der Waals surface area (Å²) in [4.78, 5) is 0. The molecule has 0 aromatic carbocycles. The van der Waals surface area contributed by atoms with E-state index in [0.717, 1.165) is 11.5 Å². The minimum absolute atomic E-state index is 0.669. The first-order valence-electron chi connectivity index (χ1n) is 3.65. The van der Waals surface area contributed by atoms with Crippen molar-refractivity contribution in [1.82, 2.24) is 0 Å². The lowest BCUT2D eigenvalue weighted by Gasteiger charge is -2.16. The van der Waals surface area contributed by atoms with Crippen molar-refractivity contribution in [1.29, 1.82) is 0 Å². The number of hydrogen-bond acceptors (Lipinski definition) is 0. The Morgan fingerprint density at radius 2 is 2.10 bits per heavy atom. The molecule has 1 atom stereocenters. The monoisotopic (exact) mass is 156 g/mol. The van der Waals surface area contributed by atoms with Gasteiger partial charge in [-0.15, -0.1) is 0 Å². The van der Waals surface area contributed by atoms with Gasteiger partial charge in [0.2, 0.25) is 0 Å². The first-order chi connectivity index (χ1) is 4.61. The highest BCUT2D eigenvalue weighted by Gasteiger charge is 2.11. The van der Waals surface area contributed by atoms with Gasteiger partial charge in [0.05, 0.1) is 0 Å². The highest BCUT2D eigenvalue weighted by Crippen LogP contribution is 2.30. The summed E-state index contributed by atoms with van der Waals surface area (Å²) >= 11 is 5.99. The highest BCUT2D eigenvalue weighted by atomic mass is 35.5. The zero-order valence-electron chi connectivity index (χ0n) is 6.74. The molecule has 0 N–H and O–H groups in total. The number of halogens is 1. The van der Waals surface area contributed by atoms with Gasteiger partial charge in [-0.2, -0.15) is 0 Å². The Hall–Kier alpha value is -0.230. The fourth-order valence-corrected chi connectivity index (χ4v) is 1.61. The van der Waals surface area contributed by atoms with E-state index in [1.807, 2.05) is 0 Å². The Morgan fingerprint density at radius 1 is 1.50 bits per heavy atom. The van der Waals surface area contributed by atoms with E-state index >= 15 is 0 Å². The van der Waals surface area contributed by atoms with Gasteiger partial charge in [0.1, 0.15) is 0 Å². The van der Waals surface area contributed by atoms with E-state index in [4.69, 9.17) is 11.6 Å². The topological polar surface area (TPSA) is 0 Å². The standard InChI is InChI=1S/C9H13Cl/c1-6-4-7(2)9(10)8(3)5-6/h4,6H,5H2,1-3H3. The lowest BCUT2D eigenvalue weighted by molar-refractivity contribution is 0.697.